The zero-order valence-corrected chi connectivity index (χ0v) is 12.6. The fourth-order valence-corrected chi connectivity index (χ4v) is 1.79. The smallest absolute Gasteiger partial charge is 0.346 e. The van der Waals surface area contributed by atoms with Gasteiger partial charge in [0.15, 0.2) is 5.57 Å². The Morgan fingerprint density at radius 2 is 1.70 bits per heavy atom. The van der Waals surface area contributed by atoms with E-state index in [1.807, 2.05) is 0 Å². The lowest BCUT2D eigenvalue weighted by molar-refractivity contribution is -0.385. The summed E-state index contributed by atoms with van der Waals surface area (Å²) in [5.74, 6) is -2.14. The molecule has 0 N–H and O–H groups in total. The highest BCUT2D eigenvalue weighted by Crippen LogP contribution is 2.28. The molecule has 0 aliphatic carbocycles. The number of carbonyl (C=O) groups excluding carboxylic acids is 2. The number of hydrogen-bond acceptors (Lipinski definition) is 7. The van der Waals surface area contributed by atoms with Gasteiger partial charge in [-0.3, -0.25) is 10.1 Å². The molecule has 120 valence electrons. The molecule has 23 heavy (non-hydrogen) atoms. The van der Waals surface area contributed by atoms with E-state index in [0.717, 1.165) is 0 Å². The van der Waals surface area contributed by atoms with Crippen molar-refractivity contribution >= 4 is 23.2 Å². The molecule has 8 nitrogen and oxygen atoms in total. The van der Waals surface area contributed by atoms with Crippen LogP contribution in [-0.4, -0.2) is 30.1 Å². The van der Waals surface area contributed by atoms with Gasteiger partial charge in [-0.1, -0.05) is 12.1 Å². The monoisotopic (exact) mass is 318 g/mol. The van der Waals surface area contributed by atoms with Crippen LogP contribution in [0.15, 0.2) is 29.8 Å². The third-order valence-electron chi connectivity index (χ3n) is 2.69. The van der Waals surface area contributed by atoms with Crippen molar-refractivity contribution in [1.29, 1.82) is 5.26 Å². The molecule has 0 spiro atoms. The number of nitrogens with zero attached hydrogens (tertiary/aromatic N) is 2. The van der Waals surface area contributed by atoms with E-state index in [4.69, 9.17) is 9.47 Å². The highest BCUT2D eigenvalue weighted by Gasteiger charge is 2.30. The van der Waals surface area contributed by atoms with Gasteiger partial charge in [-0.15, -0.1) is 0 Å². The average molecular weight is 318 g/mol. The van der Waals surface area contributed by atoms with Gasteiger partial charge in [0.1, 0.15) is 6.07 Å². The summed E-state index contributed by atoms with van der Waals surface area (Å²) in [6, 6.07) is 6.97. The average Bonchev–Trinajstić information content (AvgIpc) is 2.52. The molecule has 1 aromatic carbocycles. The number of ether oxygens (including phenoxy) is 2. The van der Waals surface area contributed by atoms with Gasteiger partial charge < -0.3 is 9.47 Å². The van der Waals surface area contributed by atoms with Gasteiger partial charge in [0.25, 0.3) is 5.69 Å². The molecule has 0 aliphatic rings. The minimum atomic E-state index is -1.07. The summed E-state index contributed by atoms with van der Waals surface area (Å²) in [4.78, 5) is 34.4. The lowest BCUT2D eigenvalue weighted by Gasteiger charge is -2.09. The quantitative estimate of drug-likeness (QED) is 0.150. The van der Waals surface area contributed by atoms with Gasteiger partial charge in [0.2, 0.25) is 0 Å². The normalized spacial score (nSPS) is 9.43. The first-order valence-corrected chi connectivity index (χ1v) is 6.70. The Morgan fingerprint density at radius 3 is 2.13 bits per heavy atom. The van der Waals surface area contributed by atoms with E-state index in [9.17, 15) is 25.0 Å². The molecular formula is C15H14N2O6. The Hall–Kier alpha value is -3.21. The second-order valence-corrected chi connectivity index (χ2v) is 4.08. The summed E-state index contributed by atoms with van der Waals surface area (Å²) in [5, 5.41) is 20.4. The van der Waals surface area contributed by atoms with Crippen molar-refractivity contribution in [3.05, 3.63) is 45.5 Å². The first-order valence-electron chi connectivity index (χ1n) is 6.70. The number of benzene rings is 1. The lowest BCUT2D eigenvalue weighted by atomic mass is 9.99. The summed E-state index contributed by atoms with van der Waals surface area (Å²) in [6.45, 7) is 2.99. The first kappa shape index (κ1) is 17.8. The van der Waals surface area contributed by atoms with Gasteiger partial charge in [-0.2, -0.15) is 5.26 Å². The number of esters is 2. The van der Waals surface area contributed by atoms with Crippen LogP contribution in [0.25, 0.3) is 5.57 Å². The second kappa shape index (κ2) is 8.29. The maximum atomic E-state index is 12.0. The zero-order valence-electron chi connectivity index (χ0n) is 12.6. The zero-order chi connectivity index (χ0) is 17.4. The van der Waals surface area contributed by atoms with Gasteiger partial charge in [0, 0.05) is 6.07 Å². The molecule has 0 amide bonds. The number of nitro groups is 1. The van der Waals surface area contributed by atoms with Crippen molar-refractivity contribution < 1.29 is 24.0 Å². The van der Waals surface area contributed by atoms with Crippen molar-refractivity contribution in [2.45, 2.75) is 13.8 Å². The minimum absolute atomic E-state index is 0.0304. The second-order valence-electron chi connectivity index (χ2n) is 4.08. The van der Waals surface area contributed by atoms with Crippen LogP contribution in [0.4, 0.5) is 5.69 Å². The van der Waals surface area contributed by atoms with E-state index in [0.29, 0.717) is 0 Å². The molecule has 1 rings (SSSR count). The molecular weight excluding hydrogens is 304 g/mol. The Labute approximate surface area is 132 Å². The third kappa shape index (κ3) is 4.14. The molecule has 0 saturated carbocycles. The molecule has 0 saturated heterocycles. The number of hydrogen-bond donors (Lipinski definition) is 0. The number of para-hydroxylation sites is 1. The number of nitriles is 1. The van der Waals surface area contributed by atoms with Crippen LogP contribution in [-0.2, 0) is 19.1 Å². The van der Waals surface area contributed by atoms with Crippen LogP contribution in [0.5, 0.6) is 0 Å². The minimum Gasteiger partial charge on any atom is -0.462 e. The molecule has 1 aromatic rings. The molecule has 0 bridgehead atoms. The topological polar surface area (TPSA) is 120 Å². The van der Waals surface area contributed by atoms with Gasteiger partial charge in [0.05, 0.1) is 29.3 Å². The van der Waals surface area contributed by atoms with Crippen molar-refractivity contribution in [3.8, 4) is 6.07 Å². The van der Waals surface area contributed by atoms with E-state index in [2.05, 4.69) is 0 Å². The Bertz CT molecular complexity index is 682. The summed E-state index contributed by atoms with van der Waals surface area (Å²) in [5.41, 5.74) is -1.69. The van der Waals surface area contributed by atoms with Crippen molar-refractivity contribution in [3.63, 3.8) is 0 Å². The van der Waals surface area contributed by atoms with Crippen molar-refractivity contribution in [2.75, 3.05) is 13.2 Å². The molecule has 0 aliphatic heterocycles. The third-order valence-corrected chi connectivity index (χ3v) is 2.69. The predicted molar refractivity (Wildman–Crippen MR) is 78.9 cm³/mol. The summed E-state index contributed by atoms with van der Waals surface area (Å²) < 4.78 is 9.52. The Kier molecular flexibility index (Phi) is 6.43. The fourth-order valence-electron chi connectivity index (χ4n) is 1.79. The predicted octanol–water partition coefficient (Wildman–Crippen LogP) is 2.00. The lowest BCUT2D eigenvalue weighted by Crippen LogP contribution is -2.20. The standard InChI is InChI=1S/C15H14N2O6/c1-3-22-14(18)13(15(19)23-4-2)11(9-16)10-7-5-6-8-12(10)17(20)21/h5-8H,3-4H2,1-2H3. The highest BCUT2D eigenvalue weighted by atomic mass is 16.6. The van der Waals surface area contributed by atoms with Crippen LogP contribution in [0.3, 0.4) is 0 Å². The number of allylic oxidation sites excluding steroid dienone is 1. The summed E-state index contributed by atoms with van der Waals surface area (Å²) >= 11 is 0. The van der Waals surface area contributed by atoms with Gasteiger partial charge in [-0.25, -0.2) is 9.59 Å². The molecule has 0 heterocycles. The molecule has 0 fully saturated rings. The van der Waals surface area contributed by atoms with Gasteiger partial charge in [-0.05, 0) is 19.9 Å². The number of carbonyl (C=O) groups is 2. The number of nitro benzene ring substituents is 1. The number of rotatable bonds is 6. The SMILES string of the molecule is CCOC(=O)C(C(=O)OCC)=C(C#N)c1ccccc1[N+](=O)[O-]. The maximum Gasteiger partial charge on any atom is 0.346 e. The molecule has 8 heteroatoms. The van der Waals surface area contributed by atoms with E-state index in [1.54, 1.807) is 6.07 Å². The molecule has 0 aromatic heterocycles. The van der Waals surface area contributed by atoms with Crippen LogP contribution in [0.1, 0.15) is 19.4 Å². The summed E-state index contributed by atoms with van der Waals surface area (Å²) in [7, 11) is 0. The fraction of sp³-hybridized carbons (Fsp3) is 0.267. The van der Waals surface area contributed by atoms with Crippen molar-refractivity contribution in [1.82, 2.24) is 0 Å². The summed E-state index contributed by atoms with van der Waals surface area (Å²) in [6.07, 6.45) is 0. The first-order chi connectivity index (χ1) is 11.0. The Balaban J connectivity index is 3.64. The van der Waals surface area contributed by atoms with Crippen LogP contribution in [0.2, 0.25) is 0 Å². The molecule has 0 atom stereocenters. The van der Waals surface area contributed by atoms with Crippen LogP contribution in [0, 0.1) is 21.4 Å². The van der Waals surface area contributed by atoms with Crippen LogP contribution < -0.4 is 0 Å². The van der Waals surface area contributed by atoms with E-state index in [-0.39, 0.29) is 18.8 Å². The van der Waals surface area contributed by atoms with Crippen molar-refractivity contribution in [2.24, 2.45) is 0 Å². The maximum absolute atomic E-state index is 12.0. The largest absolute Gasteiger partial charge is 0.462 e. The Morgan fingerprint density at radius 1 is 1.17 bits per heavy atom. The molecule has 0 radical (unpaired) electrons. The highest BCUT2D eigenvalue weighted by molar-refractivity contribution is 6.22. The van der Waals surface area contributed by atoms with E-state index >= 15 is 0 Å². The van der Waals surface area contributed by atoms with Crippen LogP contribution >= 0.6 is 0 Å². The molecule has 0 unspecified atom stereocenters. The van der Waals surface area contributed by atoms with E-state index in [1.165, 1.54) is 38.1 Å². The van der Waals surface area contributed by atoms with E-state index < -0.39 is 33.7 Å². The van der Waals surface area contributed by atoms with Gasteiger partial charge >= 0.3 is 11.9 Å².